The first-order valence-electron chi connectivity index (χ1n) is 11.2. The van der Waals surface area contributed by atoms with E-state index in [1.165, 1.54) is 0 Å². The van der Waals surface area contributed by atoms with Gasteiger partial charge in [-0.1, -0.05) is 23.7 Å². The summed E-state index contributed by atoms with van der Waals surface area (Å²) in [5, 5.41) is 17.1. The summed E-state index contributed by atoms with van der Waals surface area (Å²) in [6, 6.07) is 17.2. The Morgan fingerprint density at radius 1 is 1.12 bits per heavy atom. The minimum atomic E-state index is -0.00532. The maximum Gasteiger partial charge on any atom is 0.227 e. The van der Waals surface area contributed by atoms with Crippen LogP contribution in [0.4, 0.5) is 5.69 Å². The van der Waals surface area contributed by atoms with Gasteiger partial charge >= 0.3 is 0 Å². The van der Waals surface area contributed by atoms with Gasteiger partial charge in [-0.3, -0.25) is 4.79 Å². The highest BCUT2D eigenvalue weighted by molar-refractivity contribution is 6.31. The number of benzene rings is 2. The number of aryl methyl sites for hydroxylation is 1. The highest BCUT2D eigenvalue weighted by Crippen LogP contribution is 2.28. The summed E-state index contributed by atoms with van der Waals surface area (Å²) in [7, 11) is 0. The molecule has 6 nitrogen and oxygen atoms in total. The number of hydrogen-bond acceptors (Lipinski definition) is 4. The van der Waals surface area contributed by atoms with E-state index in [-0.39, 0.29) is 17.9 Å². The number of carbonyl (C=O) groups is 1. The van der Waals surface area contributed by atoms with Gasteiger partial charge in [-0.25, -0.2) is 4.68 Å². The van der Waals surface area contributed by atoms with Crippen molar-refractivity contribution in [2.75, 3.05) is 5.32 Å². The molecule has 0 unspecified atom stereocenters. The predicted octanol–water partition coefficient (Wildman–Crippen LogP) is 5.73. The van der Waals surface area contributed by atoms with Crippen LogP contribution in [-0.4, -0.2) is 21.8 Å². The molecule has 1 aliphatic rings. The average Bonchev–Trinajstić information content (AvgIpc) is 3.11. The van der Waals surface area contributed by atoms with Crippen molar-refractivity contribution in [2.24, 2.45) is 5.92 Å². The van der Waals surface area contributed by atoms with Crippen molar-refractivity contribution in [1.29, 1.82) is 5.26 Å². The number of ether oxygens (including phenoxy) is 1. The van der Waals surface area contributed by atoms with Gasteiger partial charge in [0.15, 0.2) is 0 Å². The van der Waals surface area contributed by atoms with Crippen molar-refractivity contribution >= 4 is 23.2 Å². The summed E-state index contributed by atoms with van der Waals surface area (Å²) in [6.07, 6.45) is 3.52. The Morgan fingerprint density at radius 3 is 2.36 bits per heavy atom. The molecule has 0 radical (unpaired) electrons. The lowest BCUT2D eigenvalue weighted by Crippen LogP contribution is -2.30. The van der Waals surface area contributed by atoms with Crippen LogP contribution in [0.5, 0.6) is 0 Å². The number of nitrogens with zero attached hydrogens (tertiary/aromatic N) is 3. The minimum absolute atomic E-state index is 0.00532. The fraction of sp³-hybridized carbons (Fsp3) is 0.346. The third-order valence-electron chi connectivity index (χ3n) is 6.20. The summed E-state index contributed by atoms with van der Waals surface area (Å²) in [5.74, 6) is 0.0525. The maximum absolute atomic E-state index is 12.8. The number of aromatic nitrogens is 2. The SMILES string of the molecule is Cc1nn(-c2ccc(NC(=O)C3CCC(OCc4ccc(C#N)cc4)CC3)cc2)c(C)c1Cl. The summed E-state index contributed by atoms with van der Waals surface area (Å²) in [4.78, 5) is 12.8. The van der Waals surface area contributed by atoms with Gasteiger partial charge in [0, 0.05) is 11.6 Å². The molecule has 0 saturated heterocycles. The summed E-state index contributed by atoms with van der Waals surface area (Å²) in [5.41, 5.74) is 5.07. The first kappa shape index (κ1) is 23.0. The zero-order valence-electron chi connectivity index (χ0n) is 18.8. The second kappa shape index (κ2) is 10.2. The fourth-order valence-electron chi connectivity index (χ4n) is 4.19. The summed E-state index contributed by atoms with van der Waals surface area (Å²) in [6.45, 7) is 4.34. The molecule has 1 fully saturated rings. The lowest BCUT2D eigenvalue weighted by Gasteiger charge is -2.28. The van der Waals surface area contributed by atoms with E-state index in [1.54, 1.807) is 12.1 Å². The number of amides is 1. The van der Waals surface area contributed by atoms with Crippen molar-refractivity contribution in [3.05, 3.63) is 76.1 Å². The Labute approximate surface area is 199 Å². The Bertz CT molecular complexity index is 1150. The van der Waals surface area contributed by atoms with Crippen LogP contribution in [0.1, 0.15) is 48.2 Å². The second-order valence-corrected chi connectivity index (χ2v) is 8.90. The van der Waals surface area contributed by atoms with Crippen molar-refractivity contribution < 1.29 is 9.53 Å². The molecule has 0 aliphatic heterocycles. The van der Waals surface area contributed by atoms with Crippen LogP contribution in [-0.2, 0) is 16.1 Å². The Hall–Kier alpha value is -3.14. The number of anilines is 1. The molecule has 1 N–H and O–H groups in total. The molecule has 0 bridgehead atoms. The van der Waals surface area contributed by atoms with E-state index in [0.29, 0.717) is 17.2 Å². The normalized spacial score (nSPS) is 18.0. The van der Waals surface area contributed by atoms with Crippen LogP contribution in [0.15, 0.2) is 48.5 Å². The molecule has 2 aromatic carbocycles. The Morgan fingerprint density at radius 2 is 1.79 bits per heavy atom. The van der Waals surface area contributed by atoms with Crippen LogP contribution >= 0.6 is 11.6 Å². The predicted molar refractivity (Wildman–Crippen MR) is 128 cm³/mol. The smallest absolute Gasteiger partial charge is 0.227 e. The highest BCUT2D eigenvalue weighted by Gasteiger charge is 2.27. The van der Waals surface area contributed by atoms with Gasteiger partial charge in [0.25, 0.3) is 0 Å². The molecule has 33 heavy (non-hydrogen) atoms. The van der Waals surface area contributed by atoms with E-state index >= 15 is 0 Å². The van der Waals surface area contributed by atoms with Gasteiger partial charge in [-0.05, 0) is 81.5 Å². The number of nitrogens with one attached hydrogen (secondary N) is 1. The second-order valence-electron chi connectivity index (χ2n) is 8.53. The van der Waals surface area contributed by atoms with Gasteiger partial charge in [0.2, 0.25) is 5.91 Å². The van der Waals surface area contributed by atoms with Gasteiger partial charge in [-0.2, -0.15) is 10.4 Å². The van der Waals surface area contributed by atoms with Crippen LogP contribution in [0.2, 0.25) is 5.02 Å². The number of rotatable bonds is 6. The van der Waals surface area contributed by atoms with Crippen molar-refractivity contribution in [3.8, 4) is 11.8 Å². The van der Waals surface area contributed by atoms with E-state index in [9.17, 15) is 4.79 Å². The van der Waals surface area contributed by atoms with Crippen LogP contribution in [0.3, 0.4) is 0 Å². The molecular formula is C26H27ClN4O2. The molecule has 1 amide bonds. The molecular weight excluding hydrogens is 436 g/mol. The van der Waals surface area contributed by atoms with Gasteiger partial charge < -0.3 is 10.1 Å². The molecule has 0 atom stereocenters. The van der Waals surface area contributed by atoms with Crippen molar-refractivity contribution in [2.45, 2.75) is 52.2 Å². The quantitative estimate of drug-likeness (QED) is 0.507. The standard InChI is InChI=1S/C26H27ClN4O2/c1-17-25(27)18(2)31(30-17)23-11-9-22(10-12-23)29-26(32)21-7-13-24(14-8-21)33-16-20-5-3-19(15-28)4-6-20/h3-6,9-12,21,24H,7-8,13-14,16H2,1-2H3,(H,29,32). The van der Waals surface area contributed by atoms with Gasteiger partial charge in [0.1, 0.15) is 0 Å². The number of nitriles is 1. The highest BCUT2D eigenvalue weighted by atomic mass is 35.5. The van der Waals surface area contributed by atoms with Crippen LogP contribution in [0.25, 0.3) is 5.69 Å². The van der Waals surface area contributed by atoms with E-state index in [4.69, 9.17) is 21.6 Å². The number of hydrogen-bond donors (Lipinski definition) is 1. The van der Waals surface area contributed by atoms with E-state index in [1.807, 2.05) is 54.9 Å². The van der Waals surface area contributed by atoms with Crippen LogP contribution in [0, 0.1) is 31.1 Å². The first-order valence-corrected chi connectivity index (χ1v) is 11.6. The number of halogens is 1. The molecule has 1 aliphatic carbocycles. The molecule has 1 heterocycles. The first-order chi connectivity index (χ1) is 15.9. The molecule has 7 heteroatoms. The van der Waals surface area contributed by atoms with Crippen molar-refractivity contribution in [1.82, 2.24) is 9.78 Å². The van der Waals surface area contributed by atoms with E-state index in [2.05, 4.69) is 16.5 Å². The molecule has 170 valence electrons. The molecule has 3 aromatic rings. The van der Waals surface area contributed by atoms with Gasteiger partial charge in [0.05, 0.1) is 46.4 Å². The van der Waals surface area contributed by atoms with E-state index in [0.717, 1.165) is 54.0 Å². The molecule has 1 saturated carbocycles. The summed E-state index contributed by atoms with van der Waals surface area (Å²) >= 11 is 6.25. The Balaban J connectivity index is 1.25. The lowest BCUT2D eigenvalue weighted by atomic mass is 9.86. The molecule has 1 aromatic heterocycles. The van der Waals surface area contributed by atoms with Gasteiger partial charge in [-0.15, -0.1) is 0 Å². The van der Waals surface area contributed by atoms with Crippen molar-refractivity contribution in [3.63, 3.8) is 0 Å². The minimum Gasteiger partial charge on any atom is -0.374 e. The fourth-order valence-corrected chi connectivity index (χ4v) is 4.30. The third kappa shape index (κ3) is 5.44. The van der Waals surface area contributed by atoms with Crippen LogP contribution < -0.4 is 5.32 Å². The number of carbonyl (C=O) groups excluding carboxylic acids is 1. The monoisotopic (exact) mass is 462 g/mol. The Kier molecular flexibility index (Phi) is 7.12. The zero-order valence-corrected chi connectivity index (χ0v) is 19.6. The lowest BCUT2D eigenvalue weighted by molar-refractivity contribution is -0.121. The zero-order chi connectivity index (χ0) is 23.4. The average molecular weight is 463 g/mol. The maximum atomic E-state index is 12.8. The molecule has 4 rings (SSSR count). The largest absolute Gasteiger partial charge is 0.374 e. The summed E-state index contributed by atoms with van der Waals surface area (Å²) < 4.78 is 7.84. The molecule has 0 spiro atoms. The topological polar surface area (TPSA) is 79.9 Å². The van der Waals surface area contributed by atoms with E-state index < -0.39 is 0 Å². The third-order valence-corrected chi connectivity index (χ3v) is 6.74.